The molecular weight excluding hydrogens is 476 g/mol. The van der Waals surface area contributed by atoms with E-state index in [4.69, 9.17) is 0 Å². The van der Waals surface area contributed by atoms with Crippen LogP contribution in [0.5, 0.6) is 0 Å². The van der Waals surface area contributed by atoms with E-state index in [1.807, 2.05) is 61.5 Å². The van der Waals surface area contributed by atoms with Gasteiger partial charge in [0.25, 0.3) is 11.5 Å². The van der Waals surface area contributed by atoms with E-state index in [1.54, 1.807) is 21.0 Å². The predicted octanol–water partition coefficient (Wildman–Crippen LogP) is 3.48. The van der Waals surface area contributed by atoms with E-state index >= 15 is 0 Å². The summed E-state index contributed by atoms with van der Waals surface area (Å²) in [7, 11) is 3.26. The lowest BCUT2D eigenvalue weighted by Crippen LogP contribution is -2.41. The number of carbonyl (C=O) groups excluding carboxylic acids is 2. The first kappa shape index (κ1) is 25.1. The minimum atomic E-state index is -0.597. The number of nitrogens with one attached hydrogen (secondary N) is 1. The van der Waals surface area contributed by atoms with E-state index in [0.717, 1.165) is 33.5 Å². The van der Waals surface area contributed by atoms with Crippen molar-refractivity contribution >= 4 is 39.1 Å². The number of hydrogen-bond acceptors (Lipinski definition) is 5. The molecule has 4 rings (SSSR count). The fourth-order valence-corrected chi connectivity index (χ4v) is 5.44. The number of fused-ring (bicyclic) bond motifs is 1. The summed E-state index contributed by atoms with van der Waals surface area (Å²) in [6.07, 6.45) is 0.739. The number of aromatic nitrogens is 2. The van der Waals surface area contributed by atoms with Crippen molar-refractivity contribution in [2.45, 2.75) is 33.4 Å². The van der Waals surface area contributed by atoms with Crippen LogP contribution in [0.4, 0.5) is 5.69 Å². The van der Waals surface area contributed by atoms with Gasteiger partial charge >= 0.3 is 5.69 Å². The van der Waals surface area contributed by atoms with Crippen molar-refractivity contribution in [2.24, 2.45) is 0 Å². The summed E-state index contributed by atoms with van der Waals surface area (Å²) in [4.78, 5) is 55.2. The third kappa shape index (κ3) is 4.74. The Morgan fingerprint density at radius 2 is 1.64 bits per heavy atom. The molecule has 0 unspecified atom stereocenters. The minimum absolute atomic E-state index is 0.0565. The maximum absolute atomic E-state index is 13.6. The van der Waals surface area contributed by atoms with Crippen LogP contribution in [0.25, 0.3) is 10.2 Å². The summed E-state index contributed by atoms with van der Waals surface area (Å²) in [5.74, 6) is -0.654. The van der Waals surface area contributed by atoms with Gasteiger partial charge in [-0.15, -0.1) is 11.3 Å². The third-order valence-electron chi connectivity index (χ3n) is 6.05. The second-order valence-electron chi connectivity index (χ2n) is 8.74. The number of anilines is 1. The molecule has 1 N–H and O–H groups in total. The lowest BCUT2D eigenvalue weighted by Gasteiger charge is -2.14. The van der Waals surface area contributed by atoms with Gasteiger partial charge in [0.2, 0.25) is 5.91 Å². The van der Waals surface area contributed by atoms with Crippen molar-refractivity contribution < 1.29 is 9.59 Å². The molecule has 0 bridgehead atoms. The number of thiophene rings is 1. The third-order valence-corrected chi connectivity index (χ3v) is 7.35. The van der Waals surface area contributed by atoms with Gasteiger partial charge in [0.05, 0.1) is 16.8 Å². The van der Waals surface area contributed by atoms with Crippen molar-refractivity contribution in [1.29, 1.82) is 0 Å². The second kappa shape index (κ2) is 10.3. The smallest absolute Gasteiger partial charge is 0.332 e. The number of nitrogens with zero attached hydrogens (tertiary/aromatic N) is 3. The average molecular weight is 505 g/mol. The van der Waals surface area contributed by atoms with Crippen LogP contribution in [-0.2, 0) is 24.3 Å². The fourth-order valence-electron chi connectivity index (χ4n) is 4.13. The quantitative estimate of drug-likeness (QED) is 0.417. The predicted molar refractivity (Wildman–Crippen MR) is 143 cm³/mol. The number of amides is 2. The Morgan fingerprint density at radius 1 is 0.972 bits per heavy atom. The molecule has 0 radical (unpaired) electrons. The molecular formula is C27H28N4O4S. The van der Waals surface area contributed by atoms with Gasteiger partial charge in [-0.05, 0) is 36.1 Å². The molecule has 0 aliphatic carbocycles. The highest BCUT2D eigenvalue weighted by Gasteiger charge is 2.25. The first-order valence-corrected chi connectivity index (χ1v) is 12.4. The highest BCUT2D eigenvalue weighted by molar-refractivity contribution is 7.20. The first-order chi connectivity index (χ1) is 17.2. The summed E-state index contributed by atoms with van der Waals surface area (Å²) in [5, 5.41) is 3.17. The summed E-state index contributed by atoms with van der Waals surface area (Å²) in [6, 6.07) is 16.7. The van der Waals surface area contributed by atoms with Crippen LogP contribution in [0.1, 0.15) is 33.3 Å². The lowest BCUT2D eigenvalue weighted by molar-refractivity contribution is -0.116. The van der Waals surface area contributed by atoms with Gasteiger partial charge in [0.1, 0.15) is 11.4 Å². The molecule has 0 spiro atoms. The molecule has 0 aliphatic rings. The molecule has 8 nitrogen and oxygen atoms in total. The number of rotatable bonds is 7. The zero-order chi connectivity index (χ0) is 26.0. The average Bonchev–Trinajstić information content (AvgIpc) is 3.21. The molecule has 0 saturated heterocycles. The highest BCUT2D eigenvalue weighted by Crippen LogP contribution is 2.29. The molecule has 2 heterocycles. The summed E-state index contributed by atoms with van der Waals surface area (Å²) >= 11 is 1.06. The van der Waals surface area contributed by atoms with Crippen molar-refractivity contribution in [2.75, 3.05) is 19.4 Å². The molecule has 2 aromatic heterocycles. The Morgan fingerprint density at radius 3 is 2.31 bits per heavy atom. The standard InChI is InChI=1S/C27H28N4O4S/c1-5-19-13-9-10-14-20(19)28-21(32)16-31-26-22(17(2)23(36-26)25(34)29(3)4)24(33)30(27(31)35)15-18-11-7-6-8-12-18/h6-14H,5,15-16H2,1-4H3,(H,28,32). The van der Waals surface area contributed by atoms with Crippen LogP contribution < -0.4 is 16.6 Å². The summed E-state index contributed by atoms with van der Waals surface area (Å²) in [5.41, 5.74) is 1.87. The van der Waals surface area contributed by atoms with Crippen LogP contribution >= 0.6 is 11.3 Å². The first-order valence-electron chi connectivity index (χ1n) is 11.6. The summed E-state index contributed by atoms with van der Waals surface area (Å²) < 4.78 is 2.43. The normalized spacial score (nSPS) is 11.0. The van der Waals surface area contributed by atoms with Gasteiger partial charge < -0.3 is 10.2 Å². The maximum atomic E-state index is 13.6. The van der Waals surface area contributed by atoms with Crippen LogP contribution in [-0.4, -0.2) is 39.9 Å². The van der Waals surface area contributed by atoms with Crippen molar-refractivity contribution in [3.8, 4) is 0 Å². The van der Waals surface area contributed by atoms with Gasteiger partial charge in [-0.2, -0.15) is 0 Å². The molecule has 0 fully saturated rings. The molecule has 0 saturated carbocycles. The van der Waals surface area contributed by atoms with Crippen molar-refractivity contribution in [1.82, 2.24) is 14.0 Å². The monoisotopic (exact) mass is 504 g/mol. The van der Waals surface area contributed by atoms with Crippen LogP contribution in [0, 0.1) is 6.92 Å². The Labute approximate surface area is 212 Å². The van der Waals surface area contributed by atoms with Gasteiger partial charge in [0, 0.05) is 19.8 Å². The van der Waals surface area contributed by atoms with Crippen LogP contribution in [0.15, 0.2) is 64.2 Å². The fraction of sp³-hybridized carbons (Fsp3) is 0.259. The van der Waals surface area contributed by atoms with Crippen molar-refractivity contribution in [3.63, 3.8) is 0 Å². The maximum Gasteiger partial charge on any atom is 0.332 e. The molecule has 9 heteroatoms. The Hall–Kier alpha value is -3.98. The Balaban J connectivity index is 1.87. The molecule has 0 aliphatic heterocycles. The van der Waals surface area contributed by atoms with Crippen LogP contribution in [0.2, 0.25) is 0 Å². The lowest BCUT2D eigenvalue weighted by atomic mass is 10.1. The molecule has 36 heavy (non-hydrogen) atoms. The molecule has 2 aromatic carbocycles. The largest absolute Gasteiger partial charge is 0.344 e. The SMILES string of the molecule is CCc1ccccc1NC(=O)Cn1c(=O)n(Cc2ccccc2)c(=O)c2c(C)c(C(=O)N(C)C)sc21. The number of benzene rings is 2. The molecule has 2 amide bonds. The Bertz CT molecular complexity index is 1560. The second-order valence-corrected chi connectivity index (χ2v) is 9.74. The van der Waals surface area contributed by atoms with E-state index in [0.29, 0.717) is 21.0 Å². The van der Waals surface area contributed by atoms with E-state index < -0.39 is 17.2 Å². The van der Waals surface area contributed by atoms with Gasteiger partial charge in [-0.1, -0.05) is 55.5 Å². The van der Waals surface area contributed by atoms with E-state index in [-0.39, 0.29) is 24.4 Å². The Kier molecular flexibility index (Phi) is 7.21. The zero-order valence-corrected chi connectivity index (χ0v) is 21.5. The minimum Gasteiger partial charge on any atom is -0.344 e. The van der Waals surface area contributed by atoms with Crippen molar-refractivity contribution in [3.05, 3.63) is 97.0 Å². The molecule has 4 aromatic rings. The van der Waals surface area contributed by atoms with Crippen LogP contribution in [0.3, 0.4) is 0 Å². The molecule has 186 valence electrons. The van der Waals surface area contributed by atoms with E-state index in [1.165, 1.54) is 9.47 Å². The van der Waals surface area contributed by atoms with Gasteiger partial charge in [-0.3, -0.25) is 23.5 Å². The number of aryl methyl sites for hydroxylation is 2. The number of hydrogen-bond donors (Lipinski definition) is 1. The highest BCUT2D eigenvalue weighted by atomic mass is 32.1. The van der Waals surface area contributed by atoms with E-state index in [2.05, 4.69) is 5.32 Å². The topological polar surface area (TPSA) is 93.4 Å². The summed E-state index contributed by atoms with van der Waals surface area (Å²) in [6.45, 7) is 3.46. The number of carbonyl (C=O) groups is 2. The number of para-hydroxylation sites is 1. The van der Waals surface area contributed by atoms with E-state index in [9.17, 15) is 19.2 Å². The van der Waals surface area contributed by atoms with Gasteiger partial charge in [0.15, 0.2) is 0 Å². The molecule has 0 atom stereocenters. The zero-order valence-electron chi connectivity index (χ0n) is 20.7. The van der Waals surface area contributed by atoms with Gasteiger partial charge in [-0.25, -0.2) is 4.79 Å².